The van der Waals surface area contributed by atoms with Crippen molar-refractivity contribution in [3.8, 4) is 11.1 Å². The predicted molar refractivity (Wildman–Crippen MR) is 122 cm³/mol. The molecule has 1 aliphatic heterocycles. The van der Waals surface area contributed by atoms with Crippen molar-refractivity contribution >= 4 is 13.8 Å². The van der Waals surface area contributed by atoms with Gasteiger partial charge in [-0.2, -0.15) is 0 Å². The average Bonchev–Trinajstić information content (AvgIpc) is 2.75. The van der Waals surface area contributed by atoms with Gasteiger partial charge in [0.25, 0.3) is 0 Å². The molecule has 0 aliphatic carbocycles. The van der Waals surface area contributed by atoms with Crippen LogP contribution in [-0.2, 0) is 11.3 Å². The van der Waals surface area contributed by atoms with E-state index in [0.717, 1.165) is 51.6 Å². The van der Waals surface area contributed by atoms with Crippen LogP contribution in [0, 0.1) is 5.92 Å². The normalized spacial score (nSPS) is 17.7. The van der Waals surface area contributed by atoms with Gasteiger partial charge in [-0.3, -0.25) is 9.69 Å². The quantitative estimate of drug-likeness (QED) is 0.506. The van der Waals surface area contributed by atoms with Crippen LogP contribution in [0.15, 0.2) is 54.6 Å². The summed E-state index contributed by atoms with van der Waals surface area (Å²) in [6, 6.07) is 19.0. The fraction of sp³-hybridized carbons (Fsp3) is 0.458. The number of nitrogens with zero attached hydrogens (tertiary/aromatic N) is 1. The van der Waals surface area contributed by atoms with Crippen molar-refractivity contribution < 1.29 is 9.90 Å². The summed E-state index contributed by atoms with van der Waals surface area (Å²) in [6.45, 7) is 2.68. The summed E-state index contributed by atoms with van der Waals surface area (Å²) in [4.78, 5) is 14.4. The molecule has 0 amide bonds. The number of aliphatic carboxylic acids is 1. The first kappa shape index (κ1) is 21.6. The Kier molecular flexibility index (Phi) is 7.51. The number of carboxylic acid groups (broad SMARTS) is 1. The topological polar surface area (TPSA) is 66.6 Å². The first-order valence-electron chi connectivity index (χ1n) is 10.9. The summed E-state index contributed by atoms with van der Waals surface area (Å²) >= 11 is 0. The maximum absolute atomic E-state index is 12.0. The molecule has 3 N–H and O–H groups in total. The van der Waals surface area contributed by atoms with E-state index in [1.54, 1.807) is 0 Å². The second kappa shape index (κ2) is 10.1. The number of unbranched alkanes of at least 4 members (excludes halogenated alkanes) is 1. The molecule has 1 saturated heterocycles. The van der Waals surface area contributed by atoms with Crippen molar-refractivity contribution in [1.82, 2.24) is 4.90 Å². The molecular weight excluding hydrogens is 359 g/mol. The molecule has 0 radical (unpaired) electrons. The van der Waals surface area contributed by atoms with Crippen molar-refractivity contribution in [2.24, 2.45) is 11.7 Å². The van der Waals surface area contributed by atoms with Gasteiger partial charge in [0.15, 0.2) is 0 Å². The van der Waals surface area contributed by atoms with E-state index in [2.05, 4.69) is 61.3 Å². The molecule has 0 aromatic heterocycles. The van der Waals surface area contributed by atoms with Crippen LogP contribution in [0.1, 0.15) is 37.7 Å². The fourth-order valence-corrected chi connectivity index (χ4v) is 4.56. The Balaban J connectivity index is 1.64. The largest absolute Gasteiger partial charge is 0.480 e. The molecule has 1 atom stereocenters. The van der Waals surface area contributed by atoms with E-state index in [1.165, 1.54) is 16.7 Å². The lowest BCUT2D eigenvalue weighted by Gasteiger charge is -2.40. The Morgan fingerprint density at radius 2 is 1.72 bits per heavy atom. The number of likely N-dealkylation sites (tertiary alicyclic amines) is 1. The summed E-state index contributed by atoms with van der Waals surface area (Å²) in [7, 11) is 2.13. The van der Waals surface area contributed by atoms with E-state index in [1.807, 2.05) is 6.07 Å². The molecular formula is C24H33BN2O2. The molecule has 4 nitrogen and oxygen atoms in total. The van der Waals surface area contributed by atoms with E-state index in [4.69, 9.17) is 5.73 Å². The number of rotatable bonds is 9. The summed E-state index contributed by atoms with van der Waals surface area (Å²) in [5.74, 6) is -0.779. The SMILES string of the molecule is BCCCCC(N)(C(=O)O)C1CCN(Cc2ccccc2-c2ccccc2)CC1. The van der Waals surface area contributed by atoms with Crippen LogP contribution in [0.2, 0.25) is 6.32 Å². The molecule has 2 aromatic rings. The summed E-state index contributed by atoms with van der Waals surface area (Å²) in [5.41, 5.74) is 9.18. The van der Waals surface area contributed by atoms with Gasteiger partial charge < -0.3 is 10.8 Å². The molecule has 0 bridgehead atoms. The number of piperidine rings is 1. The van der Waals surface area contributed by atoms with E-state index < -0.39 is 11.5 Å². The van der Waals surface area contributed by atoms with Crippen LogP contribution in [-0.4, -0.2) is 42.5 Å². The van der Waals surface area contributed by atoms with Gasteiger partial charge in [0.1, 0.15) is 13.4 Å². The molecule has 29 heavy (non-hydrogen) atoms. The third-order valence-corrected chi connectivity index (χ3v) is 6.40. The zero-order valence-corrected chi connectivity index (χ0v) is 17.5. The van der Waals surface area contributed by atoms with Gasteiger partial charge in [-0.25, -0.2) is 0 Å². The van der Waals surface area contributed by atoms with Gasteiger partial charge in [-0.05, 0) is 55.0 Å². The third-order valence-electron chi connectivity index (χ3n) is 6.40. The molecule has 1 unspecified atom stereocenters. The maximum Gasteiger partial charge on any atom is 0.323 e. The number of carbonyl (C=O) groups is 1. The van der Waals surface area contributed by atoms with Gasteiger partial charge in [0.2, 0.25) is 0 Å². The Bertz CT molecular complexity index is 790. The molecule has 1 fully saturated rings. The van der Waals surface area contributed by atoms with Gasteiger partial charge in [0, 0.05) is 6.54 Å². The van der Waals surface area contributed by atoms with Crippen LogP contribution in [0.25, 0.3) is 11.1 Å². The lowest BCUT2D eigenvalue weighted by Crippen LogP contribution is -2.56. The van der Waals surface area contributed by atoms with Gasteiger partial charge >= 0.3 is 5.97 Å². The second-order valence-electron chi connectivity index (χ2n) is 8.38. The van der Waals surface area contributed by atoms with Gasteiger partial charge in [0.05, 0.1) is 0 Å². The zero-order valence-electron chi connectivity index (χ0n) is 17.5. The standard InChI is InChI=1S/C24H33BN2O2/c25-15-7-6-14-24(26,23(28)29)21-12-16-27(17-13-21)18-20-10-4-5-11-22(20)19-8-2-1-3-9-19/h1-5,8-11,21H,6-7,12-18,25-26H2,(H,28,29). The highest BCUT2D eigenvalue weighted by molar-refractivity contribution is 6.08. The van der Waals surface area contributed by atoms with E-state index in [9.17, 15) is 9.90 Å². The van der Waals surface area contributed by atoms with Gasteiger partial charge in [-0.1, -0.05) is 73.8 Å². The molecule has 0 saturated carbocycles. The number of carboxylic acids is 1. The van der Waals surface area contributed by atoms with Crippen molar-refractivity contribution in [2.45, 2.75) is 50.5 Å². The summed E-state index contributed by atoms with van der Waals surface area (Å²) < 4.78 is 0. The molecule has 3 rings (SSSR count). The first-order valence-corrected chi connectivity index (χ1v) is 10.9. The minimum Gasteiger partial charge on any atom is -0.480 e. The Morgan fingerprint density at radius 1 is 1.07 bits per heavy atom. The van der Waals surface area contributed by atoms with Crippen LogP contribution in [0.5, 0.6) is 0 Å². The van der Waals surface area contributed by atoms with Crippen molar-refractivity contribution in [3.63, 3.8) is 0 Å². The number of hydrogen-bond donors (Lipinski definition) is 2. The first-order chi connectivity index (χ1) is 14.0. The molecule has 5 heteroatoms. The number of nitrogens with two attached hydrogens (primary N) is 1. The monoisotopic (exact) mass is 392 g/mol. The molecule has 2 aromatic carbocycles. The lowest BCUT2D eigenvalue weighted by atomic mass is 9.75. The Labute approximate surface area is 175 Å². The van der Waals surface area contributed by atoms with Crippen LogP contribution < -0.4 is 5.73 Å². The number of benzene rings is 2. The highest BCUT2D eigenvalue weighted by Gasteiger charge is 2.42. The number of hydrogen-bond acceptors (Lipinski definition) is 3. The van der Waals surface area contributed by atoms with E-state index in [0.29, 0.717) is 6.42 Å². The molecule has 0 spiro atoms. The third kappa shape index (κ3) is 5.28. The summed E-state index contributed by atoms with van der Waals surface area (Å²) in [6.07, 6.45) is 5.29. The molecule has 1 heterocycles. The zero-order chi connectivity index (χ0) is 20.7. The average molecular weight is 392 g/mol. The van der Waals surface area contributed by atoms with E-state index >= 15 is 0 Å². The van der Waals surface area contributed by atoms with Gasteiger partial charge in [-0.15, -0.1) is 0 Å². The summed E-state index contributed by atoms with van der Waals surface area (Å²) in [5, 5.41) is 9.81. The Morgan fingerprint density at radius 3 is 2.38 bits per heavy atom. The van der Waals surface area contributed by atoms with Crippen molar-refractivity contribution in [3.05, 3.63) is 60.2 Å². The van der Waals surface area contributed by atoms with Crippen LogP contribution in [0.4, 0.5) is 0 Å². The Hall–Kier alpha value is -2.11. The molecule has 1 aliphatic rings. The van der Waals surface area contributed by atoms with Crippen molar-refractivity contribution in [2.75, 3.05) is 13.1 Å². The van der Waals surface area contributed by atoms with Crippen LogP contribution >= 0.6 is 0 Å². The van der Waals surface area contributed by atoms with Crippen molar-refractivity contribution in [1.29, 1.82) is 0 Å². The minimum atomic E-state index is -1.08. The smallest absolute Gasteiger partial charge is 0.323 e. The lowest BCUT2D eigenvalue weighted by molar-refractivity contribution is -0.147. The highest BCUT2D eigenvalue weighted by Crippen LogP contribution is 2.32. The second-order valence-corrected chi connectivity index (χ2v) is 8.38. The highest BCUT2D eigenvalue weighted by atomic mass is 16.4. The van der Waals surface area contributed by atoms with E-state index in [-0.39, 0.29) is 5.92 Å². The van der Waals surface area contributed by atoms with Crippen LogP contribution in [0.3, 0.4) is 0 Å². The predicted octanol–water partition coefficient (Wildman–Crippen LogP) is 3.57. The fourth-order valence-electron chi connectivity index (χ4n) is 4.56. The minimum absolute atomic E-state index is 0.0532. The maximum atomic E-state index is 12.0. The molecule has 154 valence electrons.